The molecule has 0 saturated heterocycles. The molecule has 0 aromatic heterocycles. The number of hydrogen-bond acceptors (Lipinski definition) is 3. The molecule has 0 saturated carbocycles. The second-order valence-electron chi connectivity index (χ2n) is 6.55. The molecule has 0 aromatic rings. The number of hydrogen-bond donors (Lipinski definition) is 1. The van der Waals surface area contributed by atoms with E-state index in [0.29, 0.717) is 6.42 Å². The molecule has 0 fully saturated rings. The first kappa shape index (κ1) is 27.0. The Hall–Kier alpha value is 0.740. The van der Waals surface area contributed by atoms with E-state index in [1.807, 2.05) is 0 Å². The van der Waals surface area contributed by atoms with Crippen LogP contribution in [0.5, 0.6) is 0 Å². The van der Waals surface area contributed by atoms with Gasteiger partial charge >= 0.3 is 36.2 Å². The van der Waals surface area contributed by atoms with Crippen molar-refractivity contribution >= 4 is 36.2 Å². The summed E-state index contributed by atoms with van der Waals surface area (Å²) in [5.74, 6) is 0. The van der Waals surface area contributed by atoms with Crippen LogP contribution in [0, 0.1) is 0 Å². The van der Waals surface area contributed by atoms with Crippen LogP contribution in [0.1, 0.15) is 110 Å². The minimum absolute atomic E-state index is 0. The summed E-state index contributed by atoms with van der Waals surface area (Å²) in [5.41, 5.74) is 0. The Kier molecular flexibility index (Phi) is 22.5. The first-order valence-corrected chi connectivity index (χ1v) is 11.0. The fourth-order valence-electron chi connectivity index (χ4n) is 2.81. The number of unbranched alkanes of at least 4 members (excludes halogenated alkanes) is 15. The van der Waals surface area contributed by atoms with E-state index in [-0.39, 0.29) is 32.5 Å². The predicted molar refractivity (Wildman–Crippen MR) is 107 cm³/mol. The summed E-state index contributed by atoms with van der Waals surface area (Å²) >= 11 is 0. The third-order valence-electron chi connectivity index (χ3n) is 4.23. The first-order valence-electron chi connectivity index (χ1n) is 9.68. The molecule has 0 radical (unpaired) electrons. The van der Waals surface area contributed by atoms with Crippen molar-refractivity contribution in [2.24, 2.45) is 0 Å². The first-order chi connectivity index (χ1) is 11.1. The summed E-state index contributed by atoms with van der Waals surface area (Å²) < 4.78 is 33.3. The molecule has 1 N–H and O–H groups in total. The summed E-state index contributed by atoms with van der Waals surface area (Å²) in [6, 6.07) is 0. The molecule has 0 bridgehead atoms. The van der Waals surface area contributed by atoms with E-state index in [4.69, 9.17) is 4.55 Å². The molecule has 0 aliphatic rings. The third-order valence-corrected chi connectivity index (χ3v) is 4.69. The standard InChI is InChI=1S/C18H38O4S.In.3H/c1-2-3-4-5-6-7-8-9-10-11-12-13-14-15-16-17-18-22-23(19,20)21;;;;/h2-18H2,1H3,(H,19,20,21);;;;. The molecule has 0 atom stereocenters. The van der Waals surface area contributed by atoms with E-state index >= 15 is 0 Å². The Bertz CT molecular complexity index is 334. The topological polar surface area (TPSA) is 63.6 Å². The average Bonchev–Trinajstić information content (AvgIpc) is 2.49. The Balaban J connectivity index is 0. The maximum absolute atomic E-state index is 10.3. The van der Waals surface area contributed by atoms with Crippen molar-refractivity contribution in [3.8, 4) is 0 Å². The van der Waals surface area contributed by atoms with Crippen molar-refractivity contribution in [3.63, 3.8) is 0 Å². The van der Waals surface area contributed by atoms with Gasteiger partial charge in [-0.3, -0.25) is 4.55 Å². The fraction of sp³-hybridized carbons (Fsp3) is 1.00. The Morgan fingerprint density at radius 3 is 1.21 bits per heavy atom. The van der Waals surface area contributed by atoms with Gasteiger partial charge in [-0.1, -0.05) is 103 Å². The molecule has 146 valence electrons. The maximum atomic E-state index is 10.3. The van der Waals surface area contributed by atoms with Crippen LogP contribution in [-0.2, 0) is 14.6 Å². The van der Waals surface area contributed by atoms with Crippen LogP contribution in [-0.4, -0.2) is 45.4 Å². The van der Waals surface area contributed by atoms with Gasteiger partial charge < -0.3 is 0 Å². The van der Waals surface area contributed by atoms with Gasteiger partial charge in [0.1, 0.15) is 0 Å². The number of rotatable bonds is 18. The Morgan fingerprint density at radius 2 is 0.917 bits per heavy atom. The van der Waals surface area contributed by atoms with Gasteiger partial charge in [-0.25, -0.2) is 4.18 Å². The summed E-state index contributed by atoms with van der Waals surface area (Å²) in [6.45, 7) is 2.36. The second kappa shape index (κ2) is 20.1. The van der Waals surface area contributed by atoms with E-state index in [9.17, 15) is 8.42 Å². The van der Waals surface area contributed by atoms with Crippen LogP contribution in [0.25, 0.3) is 0 Å². The minimum atomic E-state index is -4.24. The van der Waals surface area contributed by atoms with Crippen molar-refractivity contribution < 1.29 is 17.2 Å². The molecule has 0 amide bonds. The zero-order valence-corrected chi connectivity index (χ0v) is 15.9. The molecule has 24 heavy (non-hydrogen) atoms. The zero-order valence-electron chi connectivity index (χ0n) is 15.1. The second-order valence-corrected chi connectivity index (χ2v) is 7.64. The molecule has 0 heterocycles. The van der Waals surface area contributed by atoms with Crippen molar-refractivity contribution in [1.29, 1.82) is 0 Å². The van der Waals surface area contributed by atoms with Crippen molar-refractivity contribution in [2.45, 2.75) is 110 Å². The van der Waals surface area contributed by atoms with E-state index < -0.39 is 10.4 Å². The SMILES string of the molecule is CCCCCCCCCCCCCCCCCCOS(=O)(=O)O.[InH3]. The van der Waals surface area contributed by atoms with Gasteiger partial charge in [-0.2, -0.15) is 8.42 Å². The van der Waals surface area contributed by atoms with Crippen LogP contribution < -0.4 is 0 Å². The van der Waals surface area contributed by atoms with Crippen LogP contribution in [0.2, 0.25) is 0 Å². The molecule has 0 aliphatic heterocycles. The third kappa shape index (κ3) is 25.0. The van der Waals surface area contributed by atoms with Gasteiger partial charge in [0.15, 0.2) is 0 Å². The van der Waals surface area contributed by atoms with Crippen LogP contribution in [0.4, 0.5) is 0 Å². The van der Waals surface area contributed by atoms with Gasteiger partial charge in [-0.05, 0) is 6.42 Å². The van der Waals surface area contributed by atoms with Gasteiger partial charge in [0.2, 0.25) is 0 Å². The molecule has 0 rings (SSSR count). The van der Waals surface area contributed by atoms with Gasteiger partial charge in [-0.15, -0.1) is 0 Å². The molecule has 0 aromatic carbocycles. The average molecular weight is 468 g/mol. The monoisotopic (exact) mass is 468 g/mol. The van der Waals surface area contributed by atoms with Crippen LogP contribution >= 0.6 is 0 Å². The van der Waals surface area contributed by atoms with E-state index in [2.05, 4.69) is 11.1 Å². The Morgan fingerprint density at radius 1 is 0.625 bits per heavy atom. The fourth-order valence-corrected chi connectivity index (χ4v) is 3.14. The van der Waals surface area contributed by atoms with Crippen molar-refractivity contribution in [1.82, 2.24) is 0 Å². The van der Waals surface area contributed by atoms with E-state index in [1.165, 1.54) is 83.5 Å². The predicted octanol–water partition coefficient (Wildman–Crippen LogP) is 4.88. The normalized spacial score (nSPS) is 11.4. The van der Waals surface area contributed by atoms with E-state index in [1.54, 1.807) is 0 Å². The summed E-state index contributed by atoms with van der Waals surface area (Å²) in [7, 11) is -4.24. The summed E-state index contributed by atoms with van der Waals surface area (Å²) in [6.07, 6.45) is 20.5. The molecule has 0 spiro atoms. The molecular weight excluding hydrogens is 427 g/mol. The van der Waals surface area contributed by atoms with E-state index in [0.717, 1.165) is 12.8 Å². The summed E-state index contributed by atoms with van der Waals surface area (Å²) in [5, 5.41) is 0. The summed E-state index contributed by atoms with van der Waals surface area (Å²) in [4.78, 5) is 0. The van der Waals surface area contributed by atoms with Crippen LogP contribution in [0.15, 0.2) is 0 Å². The Labute approximate surface area is 169 Å². The zero-order chi connectivity index (χ0) is 17.2. The molecular formula is C18H41InO4S. The van der Waals surface area contributed by atoms with Gasteiger partial charge in [0.25, 0.3) is 0 Å². The molecule has 6 heteroatoms. The van der Waals surface area contributed by atoms with Crippen LogP contribution in [0.3, 0.4) is 0 Å². The quantitative estimate of drug-likeness (QED) is 0.230. The molecule has 0 unspecified atom stereocenters. The molecule has 4 nitrogen and oxygen atoms in total. The molecule has 0 aliphatic carbocycles. The van der Waals surface area contributed by atoms with Crippen molar-refractivity contribution in [3.05, 3.63) is 0 Å². The van der Waals surface area contributed by atoms with Gasteiger partial charge in [0.05, 0.1) is 6.61 Å². The van der Waals surface area contributed by atoms with Crippen molar-refractivity contribution in [2.75, 3.05) is 6.61 Å². The van der Waals surface area contributed by atoms with Gasteiger partial charge in [0, 0.05) is 0 Å².